The normalized spacial score (nSPS) is 10.1. The first-order valence-corrected chi connectivity index (χ1v) is 6.13. The lowest BCUT2D eigenvalue weighted by Crippen LogP contribution is -1.94. The van der Waals surface area contributed by atoms with Gasteiger partial charge in [-0.05, 0) is 30.3 Å². The highest BCUT2D eigenvalue weighted by molar-refractivity contribution is 7.99. The van der Waals surface area contributed by atoms with Crippen LogP contribution in [0.15, 0.2) is 58.3 Å². The second-order valence-electron chi connectivity index (χ2n) is 3.69. The third kappa shape index (κ3) is 3.32. The van der Waals surface area contributed by atoms with Gasteiger partial charge in [-0.15, -0.1) is 0 Å². The van der Waals surface area contributed by atoms with E-state index >= 15 is 0 Å². The van der Waals surface area contributed by atoms with Crippen LogP contribution in [0.3, 0.4) is 0 Å². The van der Waals surface area contributed by atoms with E-state index in [1.807, 2.05) is 0 Å². The lowest BCUT2D eigenvalue weighted by atomic mass is 10.2. The second-order valence-corrected chi connectivity index (χ2v) is 4.83. The van der Waals surface area contributed by atoms with E-state index in [0.29, 0.717) is 0 Å². The summed E-state index contributed by atoms with van der Waals surface area (Å²) >= 11 is 1.34. The van der Waals surface area contributed by atoms with Gasteiger partial charge in [-0.25, -0.2) is 4.79 Å². The number of hydrogen-bond donors (Lipinski definition) is 1. The molecule has 0 unspecified atom stereocenters. The zero-order valence-electron chi connectivity index (χ0n) is 9.65. The van der Waals surface area contributed by atoms with Crippen molar-refractivity contribution in [2.45, 2.75) is 9.79 Å². The van der Waals surface area contributed by atoms with Crippen LogP contribution in [-0.4, -0.2) is 16.0 Å². The topological polar surface area (TPSA) is 80.4 Å². The van der Waals surface area contributed by atoms with Crippen LogP contribution in [0.5, 0.6) is 0 Å². The van der Waals surface area contributed by atoms with Gasteiger partial charge in [0.1, 0.15) is 0 Å². The van der Waals surface area contributed by atoms with Crippen molar-refractivity contribution in [1.29, 1.82) is 0 Å². The Morgan fingerprint density at radius 2 is 1.79 bits per heavy atom. The summed E-state index contributed by atoms with van der Waals surface area (Å²) in [4.78, 5) is 22.5. The quantitative estimate of drug-likeness (QED) is 0.682. The van der Waals surface area contributed by atoms with Crippen LogP contribution in [-0.2, 0) is 0 Å². The molecular formula is C13H9NO4S. The predicted octanol–water partition coefficient (Wildman–Crippen LogP) is 3.44. The fraction of sp³-hybridized carbons (Fsp3) is 0. The first-order valence-electron chi connectivity index (χ1n) is 5.32. The average Bonchev–Trinajstić information content (AvgIpc) is 2.39. The third-order valence-corrected chi connectivity index (χ3v) is 3.36. The number of non-ortho nitro benzene ring substituents is 1. The summed E-state index contributed by atoms with van der Waals surface area (Å²) in [5.41, 5.74) is 0.246. The number of carboxylic acids is 1. The molecule has 0 spiro atoms. The van der Waals surface area contributed by atoms with Crippen molar-refractivity contribution in [2.75, 3.05) is 0 Å². The smallest absolute Gasteiger partial charge is 0.335 e. The minimum Gasteiger partial charge on any atom is -0.478 e. The Morgan fingerprint density at radius 3 is 2.37 bits per heavy atom. The largest absolute Gasteiger partial charge is 0.478 e. The molecule has 0 saturated heterocycles. The van der Waals surface area contributed by atoms with Crippen molar-refractivity contribution in [3.8, 4) is 0 Å². The fourth-order valence-electron chi connectivity index (χ4n) is 1.46. The summed E-state index contributed by atoms with van der Waals surface area (Å²) < 4.78 is 0. The lowest BCUT2D eigenvalue weighted by molar-refractivity contribution is -0.385. The van der Waals surface area contributed by atoms with Gasteiger partial charge in [0, 0.05) is 21.9 Å². The molecule has 0 bridgehead atoms. The Kier molecular flexibility index (Phi) is 3.82. The van der Waals surface area contributed by atoms with E-state index in [1.165, 1.54) is 36.0 Å². The van der Waals surface area contributed by atoms with Gasteiger partial charge >= 0.3 is 5.97 Å². The molecule has 0 saturated carbocycles. The SMILES string of the molecule is O=C(O)c1ccc(Sc2cccc([N+](=O)[O-])c2)cc1. The Morgan fingerprint density at radius 1 is 1.11 bits per heavy atom. The summed E-state index contributed by atoms with van der Waals surface area (Å²) in [5, 5.41) is 19.4. The molecule has 2 aromatic carbocycles. The molecule has 0 aliphatic rings. The van der Waals surface area contributed by atoms with E-state index in [1.54, 1.807) is 24.3 Å². The molecule has 0 radical (unpaired) electrons. The van der Waals surface area contributed by atoms with Crippen LogP contribution >= 0.6 is 11.8 Å². The maximum Gasteiger partial charge on any atom is 0.335 e. The summed E-state index contributed by atoms with van der Waals surface area (Å²) in [7, 11) is 0. The summed E-state index contributed by atoms with van der Waals surface area (Å²) in [6.07, 6.45) is 0. The summed E-state index contributed by atoms with van der Waals surface area (Å²) in [6.45, 7) is 0. The van der Waals surface area contributed by atoms with E-state index in [2.05, 4.69) is 0 Å². The minimum absolute atomic E-state index is 0.0344. The van der Waals surface area contributed by atoms with Crippen LogP contribution < -0.4 is 0 Å². The van der Waals surface area contributed by atoms with Gasteiger partial charge in [0.05, 0.1) is 10.5 Å². The highest BCUT2D eigenvalue weighted by Crippen LogP contribution is 2.30. The molecule has 0 atom stereocenters. The number of nitro benzene ring substituents is 1. The van der Waals surface area contributed by atoms with Crippen molar-refractivity contribution >= 4 is 23.4 Å². The summed E-state index contributed by atoms with van der Waals surface area (Å²) in [6, 6.07) is 12.6. The standard InChI is InChI=1S/C13H9NO4S/c15-13(16)9-4-6-11(7-5-9)19-12-3-1-2-10(8-12)14(17)18/h1-8H,(H,15,16). The van der Waals surface area contributed by atoms with Gasteiger partial charge in [-0.2, -0.15) is 0 Å². The van der Waals surface area contributed by atoms with Crippen molar-refractivity contribution in [3.05, 3.63) is 64.2 Å². The van der Waals surface area contributed by atoms with E-state index in [4.69, 9.17) is 5.11 Å². The molecule has 1 N–H and O–H groups in total. The van der Waals surface area contributed by atoms with Gasteiger partial charge < -0.3 is 5.11 Å². The van der Waals surface area contributed by atoms with Crippen molar-refractivity contribution < 1.29 is 14.8 Å². The molecule has 2 rings (SSSR count). The molecule has 0 aliphatic carbocycles. The zero-order valence-corrected chi connectivity index (χ0v) is 10.5. The Balaban J connectivity index is 2.19. The van der Waals surface area contributed by atoms with Crippen molar-refractivity contribution in [3.63, 3.8) is 0 Å². The predicted molar refractivity (Wildman–Crippen MR) is 70.6 cm³/mol. The van der Waals surface area contributed by atoms with E-state index in [9.17, 15) is 14.9 Å². The molecule has 0 amide bonds. The molecule has 0 heterocycles. The molecule has 2 aromatic rings. The van der Waals surface area contributed by atoms with Crippen molar-refractivity contribution in [1.82, 2.24) is 0 Å². The van der Waals surface area contributed by atoms with Gasteiger partial charge in [0.15, 0.2) is 0 Å². The van der Waals surface area contributed by atoms with Gasteiger partial charge in [0.2, 0.25) is 0 Å². The van der Waals surface area contributed by atoms with Crippen LogP contribution in [0.1, 0.15) is 10.4 Å². The van der Waals surface area contributed by atoms with Crippen LogP contribution in [0.25, 0.3) is 0 Å². The molecule has 19 heavy (non-hydrogen) atoms. The number of carbonyl (C=O) groups is 1. The van der Waals surface area contributed by atoms with Crippen molar-refractivity contribution in [2.24, 2.45) is 0 Å². The molecule has 0 aromatic heterocycles. The van der Waals surface area contributed by atoms with Crippen LogP contribution in [0, 0.1) is 10.1 Å². The number of nitrogens with zero attached hydrogens (tertiary/aromatic N) is 1. The monoisotopic (exact) mass is 275 g/mol. The Hall–Kier alpha value is -2.34. The maximum atomic E-state index is 10.7. The number of nitro groups is 1. The zero-order chi connectivity index (χ0) is 13.8. The van der Waals surface area contributed by atoms with E-state index in [-0.39, 0.29) is 11.3 Å². The number of rotatable bonds is 4. The highest BCUT2D eigenvalue weighted by atomic mass is 32.2. The Bertz CT molecular complexity index is 625. The molecule has 0 fully saturated rings. The van der Waals surface area contributed by atoms with E-state index in [0.717, 1.165) is 9.79 Å². The highest BCUT2D eigenvalue weighted by Gasteiger charge is 2.07. The third-order valence-electron chi connectivity index (χ3n) is 2.37. The van der Waals surface area contributed by atoms with Crippen LogP contribution in [0.2, 0.25) is 0 Å². The number of carboxylic acid groups (broad SMARTS) is 1. The summed E-state index contributed by atoms with van der Waals surface area (Å²) in [5.74, 6) is -0.980. The average molecular weight is 275 g/mol. The first-order chi connectivity index (χ1) is 9.06. The molecular weight excluding hydrogens is 266 g/mol. The molecule has 96 valence electrons. The first kappa shape index (κ1) is 13.1. The minimum atomic E-state index is -0.980. The van der Waals surface area contributed by atoms with Gasteiger partial charge in [0.25, 0.3) is 5.69 Å². The van der Waals surface area contributed by atoms with Crippen LogP contribution in [0.4, 0.5) is 5.69 Å². The Labute approximate surface area is 113 Å². The molecule has 6 heteroatoms. The number of aromatic carboxylic acids is 1. The molecule has 5 nitrogen and oxygen atoms in total. The number of hydrogen-bond acceptors (Lipinski definition) is 4. The maximum absolute atomic E-state index is 10.7. The second kappa shape index (κ2) is 5.53. The molecule has 0 aliphatic heterocycles. The van der Waals surface area contributed by atoms with Gasteiger partial charge in [-0.1, -0.05) is 17.8 Å². The van der Waals surface area contributed by atoms with E-state index < -0.39 is 10.9 Å². The number of benzene rings is 2. The fourth-order valence-corrected chi connectivity index (χ4v) is 2.33. The van der Waals surface area contributed by atoms with Gasteiger partial charge in [-0.3, -0.25) is 10.1 Å². The lowest BCUT2D eigenvalue weighted by Gasteiger charge is -2.02.